The van der Waals surface area contributed by atoms with Crippen molar-refractivity contribution in [3.05, 3.63) is 43.2 Å². The van der Waals surface area contributed by atoms with Crippen LogP contribution in [0.4, 0.5) is 0 Å². The molecule has 4 aromatic rings. The van der Waals surface area contributed by atoms with Crippen LogP contribution in [0.3, 0.4) is 0 Å². The molecule has 17 heavy (non-hydrogen) atoms. The number of H-pyrrole nitrogens is 1. The van der Waals surface area contributed by atoms with Gasteiger partial charge >= 0.3 is 0 Å². The fourth-order valence-corrected chi connectivity index (χ4v) is 2.35. The molecule has 0 aliphatic heterocycles. The van der Waals surface area contributed by atoms with E-state index in [4.69, 9.17) is 0 Å². The van der Waals surface area contributed by atoms with E-state index in [1.165, 1.54) is 5.39 Å². The Morgan fingerprint density at radius 2 is 1.53 bits per heavy atom. The van der Waals surface area contributed by atoms with Gasteiger partial charge in [0.25, 0.3) is 0 Å². The second-order valence-electron chi connectivity index (χ2n) is 3.97. The van der Waals surface area contributed by atoms with Crippen molar-refractivity contribution in [1.82, 2.24) is 19.9 Å². The molecule has 0 aliphatic carbocycles. The minimum Gasteiger partial charge on any atom is -0.344 e. The van der Waals surface area contributed by atoms with Gasteiger partial charge in [0.2, 0.25) is 0 Å². The third kappa shape index (κ3) is 1.04. The second kappa shape index (κ2) is 3.01. The van der Waals surface area contributed by atoms with Gasteiger partial charge in [-0.05, 0) is 22.9 Å². The molecule has 3 aromatic heterocycles. The van der Waals surface area contributed by atoms with Gasteiger partial charge in [-0.3, -0.25) is 9.97 Å². The van der Waals surface area contributed by atoms with Crippen LogP contribution in [0.15, 0.2) is 43.2 Å². The summed E-state index contributed by atoms with van der Waals surface area (Å²) >= 11 is 0. The van der Waals surface area contributed by atoms with Crippen LogP contribution in [0.1, 0.15) is 0 Å². The first-order chi connectivity index (χ1) is 8.45. The Morgan fingerprint density at radius 3 is 2.35 bits per heavy atom. The van der Waals surface area contributed by atoms with Gasteiger partial charge in [-0.15, -0.1) is 0 Å². The molecule has 0 radical (unpaired) electrons. The molecule has 0 bridgehead atoms. The number of benzene rings is 1. The maximum Gasteiger partial charge on any atom is 0.0983 e. The van der Waals surface area contributed by atoms with Crippen LogP contribution in [0.25, 0.3) is 32.6 Å². The Morgan fingerprint density at radius 1 is 0.824 bits per heavy atom. The van der Waals surface area contributed by atoms with E-state index in [9.17, 15) is 0 Å². The van der Waals surface area contributed by atoms with E-state index in [-0.39, 0.29) is 0 Å². The van der Waals surface area contributed by atoms with Crippen molar-refractivity contribution in [3.63, 3.8) is 0 Å². The van der Waals surface area contributed by atoms with Crippen LogP contribution in [-0.4, -0.2) is 19.9 Å². The molecular formula is C13H8N4. The summed E-state index contributed by atoms with van der Waals surface area (Å²) in [6.45, 7) is 0. The quantitative estimate of drug-likeness (QED) is 0.463. The smallest absolute Gasteiger partial charge is 0.0983 e. The molecule has 0 fully saturated rings. The first kappa shape index (κ1) is 8.64. The Kier molecular flexibility index (Phi) is 1.53. The lowest BCUT2D eigenvalue weighted by molar-refractivity contribution is 1.34. The molecular weight excluding hydrogens is 212 g/mol. The SMILES string of the molecule is c1cc2c3ccncc3c3[nH]cnc3c2cn1. The van der Waals surface area contributed by atoms with Gasteiger partial charge in [0.05, 0.1) is 17.4 Å². The summed E-state index contributed by atoms with van der Waals surface area (Å²) in [4.78, 5) is 15.9. The molecule has 0 saturated carbocycles. The fourth-order valence-electron chi connectivity index (χ4n) is 2.35. The number of imidazole rings is 1. The molecule has 4 heteroatoms. The van der Waals surface area contributed by atoms with Crippen molar-refractivity contribution in [2.45, 2.75) is 0 Å². The highest BCUT2D eigenvalue weighted by Crippen LogP contribution is 2.31. The zero-order chi connectivity index (χ0) is 11.2. The lowest BCUT2D eigenvalue weighted by atomic mass is 10.0. The first-order valence-corrected chi connectivity index (χ1v) is 5.37. The van der Waals surface area contributed by atoms with Gasteiger partial charge in [-0.2, -0.15) is 0 Å². The highest BCUT2D eigenvalue weighted by molar-refractivity contribution is 6.22. The number of rotatable bonds is 0. The highest BCUT2D eigenvalue weighted by atomic mass is 14.9. The van der Waals surface area contributed by atoms with Crippen LogP contribution in [-0.2, 0) is 0 Å². The van der Waals surface area contributed by atoms with Gasteiger partial charge in [0.15, 0.2) is 0 Å². The van der Waals surface area contributed by atoms with Crippen LogP contribution in [0.2, 0.25) is 0 Å². The van der Waals surface area contributed by atoms with Gasteiger partial charge in [0, 0.05) is 35.6 Å². The number of aromatic nitrogens is 4. The van der Waals surface area contributed by atoms with Crippen LogP contribution < -0.4 is 0 Å². The summed E-state index contributed by atoms with van der Waals surface area (Å²) < 4.78 is 0. The number of nitrogens with zero attached hydrogens (tertiary/aromatic N) is 3. The molecule has 0 aliphatic rings. The largest absolute Gasteiger partial charge is 0.344 e. The maximum absolute atomic E-state index is 4.37. The van der Waals surface area contributed by atoms with Crippen molar-refractivity contribution in [2.75, 3.05) is 0 Å². The third-order valence-corrected chi connectivity index (χ3v) is 3.10. The van der Waals surface area contributed by atoms with Crippen molar-refractivity contribution in [2.24, 2.45) is 0 Å². The van der Waals surface area contributed by atoms with Crippen LogP contribution >= 0.6 is 0 Å². The second-order valence-corrected chi connectivity index (χ2v) is 3.97. The standard InChI is InChI=1S/C13H8N4/c1-3-14-5-10-8(1)9-2-4-15-6-11(9)13-12(10)16-7-17-13/h1-7H,(H,16,17). The van der Waals surface area contributed by atoms with Crippen molar-refractivity contribution < 1.29 is 0 Å². The summed E-state index contributed by atoms with van der Waals surface area (Å²) in [7, 11) is 0. The predicted molar refractivity (Wildman–Crippen MR) is 66.7 cm³/mol. The minimum atomic E-state index is 0.952. The molecule has 0 unspecified atom stereocenters. The summed E-state index contributed by atoms with van der Waals surface area (Å²) in [5.41, 5.74) is 1.97. The lowest BCUT2D eigenvalue weighted by Crippen LogP contribution is -1.84. The molecule has 1 aromatic carbocycles. The monoisotopic (exact) mass is 220 g/mol. The zero-order valence-electron chi connectivity index (χ0n) is 8.88. The third-order valence-electron chi connectivity index (χ3n) is 3.10. The van der Waals surface area contributed by atoms with E-state index in [2.05, 4.69) is 19.9 Å². The minimum absolute atomic E-state index is 0.952. The van der Waals surface area contributed by atoms with Crippen molar-refractivity contribution >= 4 is 32.6 Å². The van der Waals surface area contributed by atoms with Gasteiger partial charge in [-0.25, -0.2) is 4.98 Å². The summed E-state index contributed by atoms with van der Waals surface area (Å²) in [5, 5.41) is 4.51. The summed E-state index contributed by atoms with van der Waals surface area (Å²) in [6, 6.07) is 4.05. The number of hydrogen-bond acceptors (Lipinski definition) is 3. The normalized spacial score (nSPS) is 11.5. The number of pyridine rings is 2. The Balaban J connectivity index is 2.48. The molecule has 80 valence electrons. The van der Waals surface area contributed by atoms with Gasteiger partial charge in [-0.1, -0.05) is 0 Å². The molecule has 0 atom stereocenters. The Hall–Kier alpha value is -2.49. The topological polar surface area (TPSA) is 54.5 Å². The Labute approximate surface area is 96.3 Å². The zero-order valence-corrected chi connectivity index (χ0v) is 8.88. The number of nitrogens with one attached hydrogen (secondary N) is 1. The fraction of sp³-hybridized carbons (Fsp3) is 0. The van der Waals surface area contributed by atoms with Crippen molar-refractivity contribution in [3.8, 4) is 0 Å². The maximum atomic E-state index is 4.37. The molecule has 4 rings (SSSR count). The number of fused-ring (bicyclic) bond motifs is 6. The lowest BCUT2D eigenvalue weighted by Gasteiger charge is -2.04. The van der Waals surface area contributed by atoms with E-state index in [0.717, 1.165) is 27.2 Å². The van der Waals surface area contributed by atoms with Crippen LogP contribution in [0.5, 0.6) is 0 Å². The summed E-state index contributed by atoms with van der Waals surface area (Å²) in [5.74, 6) is 0. The average molecular weight is 220 g/mol. The molecule has 1 N–H and O–H groups in total. The number of hydrogen-bond donors (Lipinski definition) is 1. The van der Waals surface area contributed by atoms with Gasteiger partial charge in [0.1, 0.15) is 0 Å². The Bertz CT molecular complexity index is 778. The molecule has 0 saturated heterocycles. The summed E-state index contributed by atoms with van der Waals surface area (Å²) in [6.07, 6.45) is 9.06. The van der Waals surface area contributed by atoms with E-state index >= 15 is 0 Å². The number of aromatic amines is 1. The first-order valence-electron chi connectivity index (χ1n) is 5.37. The predicted octanol–water partition coefficient (Wildman–Crippen LogP) is 2.66. The van der Waals surface area contributed by atoms with E-state index in [1.54, 1.807) is 12.5 Å². The molecule has 4 nitrogen and oxygen atoms in total. The highest BCUT2D eigenvalue weighted by Gasteiger charge is 2.09. The van der Waals surface area contributed by atoms with E-state index < -0.39 is 0 Å². The van der Waals surface area contributed by atoms with E-state index in [0.29, 0.717) is 0 Å². The van der Waals surface area contributed by atoms with Gasteiger partial charge < -0.3 is 4.98 Å². The van der Waals surface area contributed by atoms with E-state index in [1.807, 2.05) is 30.7 Å². The van der Waals surface area contributed by atoms with Crippen molar-refractivity contribution in [1.29, 1.82) is 0 Å². The average Bonchev–Trinajstić information content (AvgIpc) is 2.89. The molecule has 3 heterocycles. The van der Waals surface area contributed by atoms with Crippen LogP contribution in [0, 0.1) is 0 Å². The molecule has 0 amide bonds. The molecule has 0 spiro atoms.